The molecule has 1 atom stereocenters. The number of hydrogen-bond donors (Lipinski definition) is 2. The lowest BCUT2D eigenvalue weighted by molar-refractivity contribution is -0.162. The molecule has 0 aromatic heterocycles. The van der Waals surface area contributed by atoms with E-state index in [0.29, 0.717) is 0 Å². The maximum atomic E-state index is 13.0. The summed E-state index contributed by atoms with van der Waals surface area (Å²) in [6, 6.07) is 3.58. The van der Waals surface area contributed by atoms with Gasteiger partial charge >= 0.3 is 5.97 Å². The first-order chi connectivity index (χ1) is 8.36. The van der Waals surface area contributed by atoms with Gasteiger partial charge in [0.25, 0.3) is 5.91 Å². The molecule has 1 aliphatic heterocycles. The summed E-state index contributed by atoms with van der Waals surface area (Å²) in [5.74, 6) is -3.18. The maximum Gasteiger partial charge on any atom is 0.345 e. The minimum absolute atomic E-state index is 0.0313. The zero-order valence-corrected chi connectivity index (χ0v) is 9.82. The molecule has 1 amide bonds. The number of benzene rings is 1. The molecule has 1 aromatic rings. The first kappa shape index (κ1) is 12.8. The summed E-state index contributed by atoms with van der Waals surface area (Å²) in [5, 5.41) is 18.3. The predicted octanol–water partition coefficient (Wildman–Crippen LogP) is 1.03. The number of aliphatic carboxylic acids is 1. The molecule has 1 aliphatic rings. The standard InChI is InChI=1S/C11H9ClFNO4/c12-7-5-6(1-2-8(7)13)14-4-3-11(18,9(14)15)10(16)17/h1-2,5,18H,3-4H2,(H,16,17). The number of hydrogen-bond acceptors (Lipinski definition) is 3. The van der Waals surface area contributed by atoms with Gasteiger partial charge in [0.2, 0.25) is 5.60 Å². The molecule has 1 aromatic carbocycles. The van der Waals surface area contributed by atoms with E-state index in [2.05, 4.69) is 0 Å². The van der Waals surface area contributed by atoms with Crippen LogP contribution in [0, 0.1) is 5.82 Å². The van der Waals surface area contributed by atoms with Crippen molar-refractivity contribution in [2.24, 2.45) is 0 Å². The second kappa shape index (κ2) is 4.22. The molecule has 1 saturated heterocycles. The largest absolute Gasteiger partial charge is 0.479 e. The van der Waals surface area contributed by atoms with Crippen LogP contribution in [0.15, 0.2) is 18.2 Å². The number of anilines is 1. The summed E-state index contributed by atoms with van der Waals surface area (Å²) < 4.78 is 13.0. The van der Waals surface area contributed by atoms with Crippen molar-refractivity contribution >= 4 is 29.2 Å². The van der Waals surface area contributed by atoms with Crippen molar-refractivity contribution in [2.45, 2.75) is 12.0 Å². The molecule has 1 heterocycles. The van der Waals surface area contributed by atoms with E-state index in [0.717, 1.165) is 11.0 Å². The number of nitrogens with zero attached hydrogens (tertiary/aromatic N) is 1. The third kappa shape index (κ3) is 1.83. The van der Waals surface area contributed by atoms with Crippen molar-refractivity contribution in [1.82, 2.24) is 0 Å². The number of carbonyl (C=O) groups excluding carboxylic acids is 1. The third-order valence-electron chi connectivity index (χ3n) is 2.86. The van der Waals surface area contributed by atoms with E-state index in [4.69, 9.17) is 16.7 Å². The molecule has 1 unspecified atom stereocenters. The van der Waals surface area contributed by atoms with Gasteiger partial charge in [0.05, 0.1) is 5.02 Å². The summed E-state index contributed by atoms with van der Waals surface area (Å²) >= 11 is 5.58. The Kier molecular flexibility index (Phi) is 3.00. The van der Waals surface area contributed by atoms with E-state index in [1.807, 2.05) is 0 Å². The van der Waals surface area contributed by atoms with E-state index in [1.165, 1.54) is 12.1 Å². The first-order valence-electron chi connectivity index (χ1n) is 5.09. The number of carboxylic acids is 1. The van der Waals surface area contributed by atoms with Crippen LogP contribution in [0.2, 0.25) is 5.02 Å². The van der Waals surface area contributed by atoms with Gasteiger partial charge in [0, 0.05) is 18.7 Å². The molecule has 18 heavy (non-hydrogen) atoms. The van der Waals surface area contributed by atoms with Gasteiger partial charge < -0.3 is 15.1 Å². The molecule has 0 aliphatic carbocycles. The second-order valence-corrected chi connectivity index (χ2v) is 4.38. The predicted molar refractivity (Wildman–Crippen MR) is 61.0 cm³/mol. The number of carboxylic acid groups (broad SMARTS) is 1. The van der Waals surface area contributed by atoms with Gasteiger partial charge in [-0.25, -0.2) is 9.18 Å². The molecule has 0 saturated carbocycles. The molecule has 5 nitrogen and oxygen atoms in total. The van der Waals surface area contributed by atoms with Crippen molar-refractivity contribution in [3.63, 3.8) is 0 Å². The normalized spacial score (nSPS) is 23.5. The van der Waals surface area contributed by atoms with E-state index in [-0.39, 0.29) is 23.7 Å². The SMILES string of the molecule is O=C(O)C1(O)CCN(c2ccc(F)c(Cl)c2)C1=O. The molecule has 2 rings (SSSR count). The quantitative estimate of drug-likeness (QED) is 0.789. The van der Waals surface area contributed by atoms with Crippen LogP contribution in [-0.4, -0.2) is 34.2 Å². The van der Waals surface area contributed by atoms with Crippen LogP contribution in [-0.2, 0) is 9.59 Å². The zero-order valence-electron chi connectivity index (χ0n) is 9.06. The van der Waals surface area contributed by atoms with Crippen molar-refractivity contribution in [1.29, 1.82) is 0 Å². The summed E-state index contributed by atoms with van der Waals surface area (Å²) in [6.07, 6.45) is -0.226. The molecule has 1 fully saturated rings. The molecule has 2 N–H and O–H groups in total. The smallest absolute Gasteiger partial charge is 0.345 e. The van der Waals surface area contributed by atoms with Gasteiger partial charge in [-0.15, -0.1) is 0 Å². The van der Waals surface area contributed by atoms with Gasteiger partial charge in [-0.1, -0.05) is 11.6 Å². The maximum absolute atomic E-state index is 13.0. The molecule has 96 valence electrons. The molecule has 0 radical (unpaired) electrons. The molecule has 7 heteroatoms. The van der Waals surface area contributed by atoms with Crippen molar-refractivity contribution in [3.05, 3.63) is 29.0 Å². The number of amides is 1. The number of aliphatic hydroxyl groups is 1. The minimum atomic E-state index is -2.42. The van der Waals surface area contributed by atoms with E-state index >= 15 is 0 Å². The highest BCUT2D eigenvalue weighted by Crippen LogP contribution is 2.30. The fourth-order valence-electron chi connectivity index (χ4n) is 1.80. The Morgan fingerprint density at radius 1 is 1.50 bits per heavy atom. The van der Waals surface area contributed by atoms with Crippen LogP contribution in [0.1, 0.15) is 6.42 Å². The average molecular weight is 274 g/mol. The Morgan fingerprint density at radius 2 is 2.17 bits per heavy atom. The molecule has 0 spiro atoms. The fourth-order valence-corrected chi connectivity index (χ4v) is 1.98. The lowest BCUT2D eigenvalue weighted by atomic mass is 10.0. The van der Waals surface area contributed by atoms with Gasteiger partial charge in [-0.05, 0) is 18.2 Å². The third-order valence-corrected chi connectivity index (χ3v) is 3.15. The number of rotatable bonds is 2. The summed E-state index contributed by atoms with van der Waals surface area (Å²) in [4.78, 5) is 23.7. The lowest BCUT2D eigenvalue weighted by Crippen LogP contribution is -2.46. The summed E-state index contributed by atoms with van der Waals surface area (Å²) in [5.41, 5.74) is -2.16. The van der Waals surface area contributed by atoms with Crippen LogP contribution in [0.5, 0.6) is 0 Å². The van der Waals surface area contributed by atoms with E-state index in [9.17, 15) is 19.1 Å². The Bertz CT molecular complexity index is 536. The molecule has 0 bridgehead atoms. The van der Waals surface area contributed by atoms with Gasteiger partial charge in [0.15, 0.2) is 0 Å². The molecular formula is C11H9ClFNO4. The molecular weight excluding hydrogens is 265 g/mol. The highest BCUT2D eigenvalue weighted by molar-refractivity contribution is 6.31. The highest BCUT2D eigenvalue weighted by Gasteiger charge is 2.52. The fraction of sp³-hybridized carbons (Fsp3) is 0.273. The summed E-state index contributed by atoms with van der Waals surface area (Å²) in [6.45, 7) is 0.0313. The van der Waals surface area contributed by atoms with Crippen LogP contribution < -0.4 is 4.90 Å². The van der Waals surface area contributed by atoms with E-state index < -0.39 is 23.3 Å². The Morgan fingerprint density at radius 3 is 2.67 bits per heavy atom. The Balaban J connectivity index is 2.34. The zero-order chi connectivity index (χ0) is 13.5. The number of carbonyl (C=O) groups is 2. The van der Waals surface area contributed by atoms with Gasteiger partial charge in [-0.3, -0.25) is 4.79 Å². The Labute approximate surface area is 106 Å². The topological polar surface area (TPSA) is 77.8 Å². The number of halogens is 2. The minimum Gasteiger partial charge on any atom is -0.479 e. The van der Waals surface area contributed by atoms with Gasteiger partial charge in [-0.2, -0.15) is 0 Å². The van der Waals surface area contributed by atoms with Crippen LogP contribution in [0.3, 0.4) is 0 Å². The first-order valence-corrected chi connectivity index (χ1v) is 5.47. The van der Waals surface area contributed by atoms with Crippen molar-refractivity contribution in [2.75, 3.05) is 11.4 Å². The average Bonchev–Trinajstić information content (AvgIpc) is 2.61. The lowest BCUT2D eigenvalue weighted by Gasteiger charge is -2.19. The van der Waals surface area contributed by atoms with E-state index in [1.54, 1.807) is 0 Å². The second-order valence-electron chi connectivity index (χ2n) is 3.97. The van der Waals surface area contributed by atoms with Crippen LogP contribution >= 0.6 is 11.6 Å². The Hall–Kier alpha value is -1.66. The van der Waals surface area contributed by atoms with Crippen LogP contribution in [0.25, 0.3) is 0 Å². The highest BCUT2D eigenvalue weighted by atomic mass is 35.5. The van der Waals surface area contributed by atoms with Crippen molar-refractivity contribution < 1.29 is 24.2 Å². The monoisotopic (exact) mass is 273 g/mol. The van der Waals surface area contributed by atoms with Gasteiger partial charge in [0.1, 0.15) is 5.82 Å². The van der Waals surface area contributed by atoms with Crippen molar-refractivity contribution in [3.8, 4) is 0 Å². The van der Waals surface area contributed by atoms with Crippen LogP contribution in [0.4, 0.5) is 10.1 Å². The summed E-state index contributed by atoms with van der Waals surface area (Å²) in [7, 11) is 0.